The van der Waals surface area contributed by atoms with Crippen molar-refractivity contribution >= 4 is 0 Å². The number of nitrogens with one attached hydrogen (secondary N) is 1. The zero-order chi connectivity index (χ0) is 15.3. The molecule has 0 aliphatic heterocycles. The molecule has 1 fully saturated rings. The molecular formula is C17H24F3N. The summed E-state index contributed by atoms with van der Waals surface area (Å²) in [6, 6.07) is 9.78. The van der Waals surface area contributed by atoms with Gasteiger partial charge in [0.05, 0.1) is 5.92 Å². The van der Waals surface area contributed by atoms with Gasteiger partial charge >= 0.3 is 6.18 Å². The first-order valence-electron chi connectivity index (χ1n) is 7.83. The molecule has 21 heavy (non-hydrogen) atoms. The highest BCUT2D eigenvalue weighted by molar-refractivity contribution is 5.14. The maximum absolute atomic E-state index is 13.1. The van der Waals surface area contributed by atoms with Crippen molar-refractivity contribution < 1.29 is 13.2 Å². The first kappa shape index (κ1) is 16.3. The topological polar surface area (TPSA) is 12.0 Å². The Morgan fingerprint density at radius 3 is 2.48 bits per heavy atom. The van der Waals surface area contributed by atoms with Gasteiger partial charge in [-0.15, -0.1) is 0 Å². The van der Waals surface area contributed by atoms with E-state index < -0.39 is 18.1 Å². The average molecular weight is 299 g/mol. The summed E-state index contributed by atoms with van der Waals surface area (Å²) in [5, 5.41) is 3.23. The molecule has 3 atom stereocenters. The summed E-state index contributed by atoms with van der Waals surface area (Å²) in [6.45, 7) is 1.99. The molecule has 118 valence electrons. The lowest BCUT2D eigenvalue weighted by atomic mass is 9.83. The summed E-state index contributed by atoms with van der Waals surface area (Å²) < 4.78 is 39.2. The second kappa shape index (κ2) is 7.30. The monoisotopic (exact) mass is 299 g/mol. The van der Waals surface area contributed by atoms with Crippen LogP contribution in [0.25, 0.3) is 0 Å². The van der Waals surface area contributed by atoms with E-state index >= 15 is 0 Å². The molecule has 1 aliphatic rings. The molecule has 3 unspecified atom stereocenters. The molecule has 4 heteroatoms. The van der Waals surface area contributed by atoms with Gasteiger partial charge in [-0.2, -0.15) is 13.2 Å². The molecule has 1 N–H and O–H groups in total. The van der Waals surface area contributed by atoms with E-state index in [1.54, 1.807) is 0 Å². The van der Waals surface area contributed by atoms with Gasteiger partial charge in [-0.3, -0.25) is 0 Å². The van der Waals surface area contributed by atoms with Gasteiger partial charge in [0.2, 0.25) is 0 Å². The van der Waals surface area contributed by atoms with E-state index in [0.29, 0.717) is 12.8 Å². The van der Waals surface area contributed by atoms with Crippen LogP contribution in [0.4, 0.5) is 13.2 Å². The van der Waals surface area contributed by atoms with Crippen molar-refractivity contribution in [2.24, 2.45) is 5.92 Å². The normalized spacial score (nSPS) is 24.8. The third-order valence-electron chi connectivity index (χ3n) is 4.39. The number of halogens is 3. The van der Waals surface area contributed by atoms with Crippen molar-refractivity contribution in [2.75, 3.05) is 0 Å². The van der Waals surface area contributed by atoms with Crippen molar-refractivity contribution in [3.63, 3.8) is 0 Å². The van der Waals surface area contributed by atoms with E-state index in [-0.39, 0.29) is 12.5 Å². The predicted molar refractivity (Wildman–Crippen MR) is 79.2 cm³/mol. The molecule has 2 rings (SSSR count). The molecule has 0 heterocycles. The average Bonchev–Trinajstić information content (AvgIpc) is 2.46. The lowest BCUT2D eigenvalue weighted by Crippen LogP contribution is -2.48. The van der Waals surface area contributed by atoms with Crippen molar-refractivity contribution in [2.45, 2.75) is 63.7 Å². The number of rotatable bonds is 5. The Balaban J connectivity index is 1.84. The maximum Gasteiger partial charge on any atom is 0.393 e. The SMILES string of the molecule is CC(CCc1ccccc1)NC1CCCCC1C(F)(F)F. The van der Waals surface area contributed by atoms with Gasteiger partial charge in [-0.1, -0.05) is 43.2 Å². The fraction of sp³-hybridized carbons (Fsp3) is 0.647. The Kier molecular flexibility index (Phi) is 5.68. The number of aryl methyl sites for hydroxylation is 1. The molecule has 1 aromatic carbocycles. The quantitative estimate of drug-likeness (QED) is 0.829. The van der Waals surface area contributed by atoms with Crippen LogP contribution in [0.5, 0.6) is 0 Å². The number of benzene rings is 1. The Morgan fingerprint density at radius 2 is 1.81 bits per heavy atom. The van der Waals surface area contributed by atoms with E-state index in [9.17, 15) is 13.2 Å². The first-order valence-corrected chi connectivity index (χ1v) is 7.83. The van der Waals surface area contributed by atoms with Crippen LogP contribution in [0, 0.1) is 5.92 Å². The van der Waals surface area contributed by atoms with Crippen LogP contribution in [-0.2, 0) is 6.42 Å². The third kappa shape index (κ3) is 5.03. The molecule has 0 radical (unpaired) electrons. The largest absolute Gasteiger partial charge is 0.393 e. The Labute approximate surface area is 124 Å². The summed E-state index contributed by atoms with van der Waals surface area (Å²) in [4.78, 5) is 0. The van der Waals surface area contributed by atoms with Crippen molar-refractivity contribution in [1.82, 2.24) is 5.32 Å². The Hall–Kier alpha value is -1.03. The molecular weight excluding hydrogens is 275 g/mol. The van der Waals surface area contributed by atoms with E-state index in [0.717, 1.165) is 19.3 Å². The van der Waals surface area contributed by atoms with Crippen LogP contribution < -0.4 is 5.32 Å². The van der Waals surface area contributed by atoms with E-state index in [1.807, 2.05) is 25.1 Å². The maximum atomic E-state index is 13.1. The highest BCUT2D eigenvalue weighted by Gasteiger charge is 2.45. The fourth-order valence-electron chi connectivity index (χ4n) is 3.20. The van der Waals surface area contributed by atoms with Gasteiger partial charge in [0.1, 0.15) is 0 Å². The summed E-state index contributed by atoms with van der Waals surface area (Å²) in [7, 11) is 0. The van der Waals surface area contributed by atoms with Gasteiger partial charge < -0.3 is 5.32 Å². The summed E-state index contributed by atoms with van der Waals surface area (Å²) in [5.74, 6) is -1.18. The third-order valence-corrected chi connectivity index (χ3v) is 4.39. The van der Waals surface area contributed by atoms with Crippen molar-refractivity contribution in [1.29, 1.82) is 0 Å². The van der Waals surface area contributed by atoms with Crippen LogP contribution >= 0.6 is 0 Å². The minimum Gasteiger partial charge on any atom is -0.311 e. The summed E-state index contributed by atoms with van der Waals surface area (Å²) in [5.41, 5.74) is 1.24. The molecule has 1 aromatic rings. The van der Waals surface area contributed by atoms with E-state index in [2.05, 4.69) is 17.4 Å². The standard InChI is InChI=1S/C17H24F3N/c1-13(11-12-14-7-3-2-4-8-14)21-16-10-6-5-9-15(16)17(18,19)20/h2-4,7-8,13,15-16,21H,5-6,9-12H2,1H3. The minimum absolute atomic E-state index is 0.109. The molecule has 0 amide bonds. The molecule has 1 saturated carbocycles. The van der Waals surface area contributed by atoms with Gasteiger partial charge in [0.25, 0.3) is 0 Å². The molecule has 0 aromatic heterocycles. The minimum atomic E-state index is -4.07. The number of alkyl halides is 3. The second-order valence-corrected chi connectivity index (χ2v) is 6.13. The lowest BCUT2D eigenvalue weighted by molar-refractivity contribution is -0.189. The zero-order valence-electron chi connectivity index (χ0n) is 12.5. The fourth-order valence-corrected chi connectivity index (χ4v) is 3.20. The number of hydrogen-bond donors (Lipinski definition) is 1. The van der Waals surface area contributed by atoms with Crippen LogP contribution in [0.2, 0.25) is 0 Å². The van der Waals surface area contributed by atoms with Crippen LogP contribution in [0.15, 0.2) is 30.3 Å². The molecule has 0 spiro atoms. The van der Waals surface area contributed by atoms with Crippen LogP contribution in [0.3, 0.4) is 0 Å². The van der Waals surface area contributed by atoms with Gasteiger partial charge in [-0.25, -0.2) is 0 Å². The Morgan fingerprint density at radius 1 is 1.14 bits per heavy atom. The molecule has 1 aliphatic carbocycles. The van der Waals surface area contributed by atoms with Gasteiger partial charge in [0.15, 0.2) is 0 Å². The molecule has 0 bridgehead atoms. The first-order chi connectivity index (χ1) is 9.97. The summed E-state index contributed by atoms with van der Waals surface area (Å²) in [6.07, 6.45) is 0.198. The smallest absolute Gasteiger partial charge is 0.311 e. The summed E-state index contributed by atoms with van der Waals surface area (Å²) >= 11 is 0. The molecule has 0 saturated heterocycles. The van der Waals surface area contributed by atoms with Crippen molar-refractivity contribution in [3.8, 4) is 0 Å². The van der Waals surface area contributed by atoms with Crippen LogP contribution in [-0.4, -0.2) is 18.3 Å². The number of hydrogen-bond acceptors (Lipinski definition) is 1. The highest BCUT2D eigenvalue weighted by atomic mass is 19.4. The van der Waals surface area contributed by atoms with E-state index in [1.165, 1.54) is 5.56 Å². The van der Waals surface area contributed by atoms with Crippen LogP contribution in [0.1, 0.15) is 44.6 Å². The van der Waals surface area contributed by atoms with Gasteiger partial charge in [0, 0.05) is 12.1 Å². The second-order valence-electron chi connectivity index (χ2n) is 6.13. The lowest BCUT2D eigenvalue weighted by Gasteiger charge is -2.35. The van der Waals surface area contributed by atoms with E-state index in [4.69, 9.17) is 0 Å². The zero-order valence-corrected chi connectivity index (χ0v) is 12.5. The molecule has 1 nitrogen and oxygen atoms in total. The Bertz CT molecular complexity index is 416. The predicted octanol–water partition coefficient (Wildman–Crippen LogP) is 4.72. The highest BCUT2D eigenvalue weighted by Crippen LogP contribution is 2.37. The van der Waals surface area contributed by atoms with Gasteiger partial charge in [-0.05, 0) is 38.2 Å². The van der Waals surface area contributed by atoms with Crippen molar-refractivity contribution in [3.05, 3.63) is 35.9 Å².